The van der Waals surface area contributed by atoms with Crippen LogP contribution < -0.4 is 4.74 Å². The molecule has 37 heavy (non-hydrogen) atoms. The molecule has 4 rings (SSSR count). The van der Waals surface area contributed by atoms with E-state index in [1.165, 1.54) is 24.3 Å². The Bertz CT molecular complexity index is 1210. The molecule has 0 bridgehead atoms. The molecule has 0 radical (unpaired) electrons. The lowest BCUT2D eigenvalue weighted by Crippen LogP contribution is -2.44. The molecule has 2 aliphatic rings. The van der Waals surface area contributed by atoms with Gasteiger partial charge in [0.05, 0.1) is 36.0 Å². The van der Waals surface area contributed by atoms with Crippen LogP contribution in [0.5, 0.6) is 5.75 Å². The number of carbonyl (C=O) groups is 3. The van der Waals surface area contributed by atoms with Gasteiger partial charge < -0.3 is 28.4 Å². The number of nitriles is 1. The highest BCUT2D eigenvalue weighted by molar-refractivity contribution is 14.1. The summed E-state index contributed by atoms with van der Waals surface area (Å²) in [7, 11) is 0. The molecule has 0 amide bonds. The second-order valence-corrected chi connectivity index (χ2v) is 9.72. The molecule has 2 heterocycles. The molecular formula is C26H22INO9. The summed E-state index contributed by atoms with van der Waals surface area (Å²) < 4.78 is 32.3. The van der Waals surface area contributed by atoms with Crippen molar-refractivity contribution in [2.45, 2.75) is 21.9 Å². The number of hydrogen-bond donors (Lipinski definition) is 0. The number of esters is 3. The average molecular weight is 619 g/mol. The van der Waals surface area contributed by atoms with Gasteiger partial charge >= 0.3 is 17.9 Å². The van der Waals surface area contributed by atoms with E-state index in [9.17, 15) is 14.4 Å². The molecule has 2 aromatic carbocycles. The molecule has 2 aliphatic heterocycles. The third kappa shape index (κ3) is 6.10. The lowest BCUT2D eigenvalue weighted by Gasteiger charge is -2.26. The van der Waals surface area contributed by atoms with Gasteiger partial charge in [0.15, 0.2) is 15.8 Å². The fourth-order valence-electron chi connectivity index (χ4n) is 3.78. The number of hydrogen-bond acceptors (Lipinski definition) is 10. The summed E-state index contributed by atoms with van der Waals surface area (Å²) in [6.07, 6.45) is -0.969. The summed E-state index contributed by atoms with van der Waals surface area (Å²) in [5.74, 6) is -1.18. The van der Waals surface area contributed by atoms with Crippen LogP contribution >= 0.6 is 22.6 Å². The molecule has 0 saturated carbocycles. The monoisotopic (exact) mass is 619 g/mol. The minimum atomic E-state index is -1.02. The molecule has 0 spiro atoms. The van der Waals surface area contributed by atoms with Crippen LogP contribution in [0.1, 0.15) is 26.3 Å². The molecule has 0 N–H and O–H groups in total. The van der Waals surface area contributed by atoms with Gasteiger partial charge in [-0.3, -0.25) is 0 Å². The van der Waals surface area contributed by atoms with Gasteiger partial charge in [0.1, 0.15) is 25.1 Å². The Hall–Kier alpha value is -3.47. The fraction of sp³-hybridized carbons (Fsp3) is 0.308. The molecule has 192 valence electrons. The van der Waals surface area contributed by atoms with Crippen LogP contribution in [0.3, 0.4) is 0 Å². The van der Waals surface area contributed by atoms with Crippen LogP contribution in [0.2, 0.25) is 0 Å². The Morgan fingerprint density at radius 3 is 2.32 bits per heavy atom. The normalized spacial score (nSPS) is 23.8. The number of ether oxygens (including phenoxy) is 6. The standard InChI is InChI=1S/C26H22INO9/c1-2-22(29)33-12-11-32-19-9-7-18(8-10-19)25(31)37-21-15-34-23-20(14-35-26(21,23)27)36-24(30)17-5-3-16(13-28)4-6-17/h2-10,20-21,23H,1,11-12,14-15H2/t20-,21+,23?,26?/m1/s1. The van der Waals surface area contributed by atoms with Gasteiger partial charge in [-0.05, 0) is 71.1 Å². The van der Waals surface area contributed by atoms with E-state index in [0.29, 0.717) is 22.4 Å². The Morgan fingerprint density at radius 2 is 1.68 bits per heavy atom. The van der Waals surface area contributed by atoms with Gasteiger partial charge in [-0.15, -0.1) is 0 Å². The number of nitrogens with zero attached hydrogens (tertiary/aromatic N) is 1. The second-order valence-electron chi connectivity index (χ2n) is 8.03. The molecule has 2 unspecified atom stereocenters. The van der Waals surface area contributed by atoms with Crippen molar-refractivity contribution in [3.63, 3.8) is 0 Å². The van der Waals surface area contributed by atoms with Gasteiger partial charge in [0, 0.05) is 6.08 Å². The maximum absolute atomic E-state index is 12.8. The second kappa shape index (κ2) is 11.7. The minimum Gasteiger partial charge on any atom is -0.490 e. The van der Waals surface area contributed by atoms with Crippen molar-refractivity contribution in [1.29, 1.82) is 5.26 Å². The minimum absolute atomic E-state index is 0.0685. The summed E-state index contributed by atoms with van der Waals surface area (Å²) in [5.41, 5.74) is 1.04. The van der Waals surface area contributed by atoms with E-state index < -0.39 is 39.8 Å². The number of halogens is 1. The van der Waals surface area contributed by atoms with Crippen molar-refractivity contribution in [2.75, 3.05) is 26.4 Å². The number of carbonyl (C=O) groups excluding carboxylic acids is 3. The number of rotatable bonds is 9. The van der Waals surface area contributed by atoms with E-state index in [4.69, 9.17) is 33.7 Å². The van der Waals surface area contributed by atoms with Crippen molar-refractivity contribution in [1.82, 2.24) is 0 Å². The van der Waals surface area contributed by atoms with E-state index in [2.05, 4.69) is 6.58 Å². The van der Waals surface area contributed by atoms with Gasteiger partial charge in [-0.25, -0.2) is 14.4 Å². The summed E-state index contributed by atoms with van der Waals surface area (Å²) in [4.78, 5) is 36.3. The molecule has 4 atom stereocenters. The molecule has 0 aromatic heterocycles. The molecule has 2 saturated heterocycles. The number of benzene rings is 2. The van der Waals surface area contributed by atoms with Crippen molar-refractivity contribution >= 4 is 40.5 Å². The largest absolute Gasteiger partial charge is 0.490 e. The zero-order valence-electron chi connectivity index (χ0n) is 19.5. The van der Waals surface area contributed by atoms with Crippen molar-refractivity contribution in [3.05, 3.63) is 77.9 Å². The molecule has 11 heteroatoms. The van der Waals surface area contributed by atoms with Gasteiger partial charge in [-0.2, -0.15) is 5.26 Å². The maximum atomic E-state index is 12.8. The molecule has 2 fully saturated rings. The van der Waals surface area contributed by atoms with Crippen LogP contribution in [-0.4, -0.2) is 66.3 Å². The third-order valence-electron chi connectivity index (χ3n) is 5.67. The zero-order valence-corrected chi connectivity index (χ0v) is 21.6. The van der Waals surface area contributed by atoms with Crippen LogP contribution in [0, 0.1) is 11.3 Å². The Kier molecular flexibility index (Phi) is 8.42. The summed E-state index contributed by atoms with van der Waals surface area (Å²) in [6, 6.07) is 14.4. The molecular weight excluding hydrogens is 597 g/mol. The van der Waals surface area contributed by atoms with E-state index >= 15 is 0 Å². The van der Waals surface area contributed by atoms with E-state index in [1.807, 2.05) is 28.7 Å². The van der Waals surface area contributed by atoms with E-state index in [0.717, 1.165) is 6.08 Å². The third-order valence-corrected chi connectivity index (χ3v) is 7.29. The Balaban J connectivity index is 1.30. The van der Waals surface area contributed by atoms with E-state index in [-0.39, 0.29) is 26.4 Å². The van der Waals surface area contributed by atoms with Crippen LogP contribution in [0.15, 0.2) is 61.2 Å². The van der Waals surface area contributed by atoms with Gasteiger partial charge in [-0.1, -0.05) is 6.58 Å². The lowest BCUT2D eigenvalue weighted by atomic mass is 10.1. The Labute approximate surface area is 226 Å². The first-order valence-corrected chi connectivity index (χ1v) is 12.3. The molecule has 2 aromatic rings. The average Bonchev–Trinajstić information content (AvgIpc) is 3.41. The summed E-state index contributed by atoms with van der Waals surface area (Å²) in [6.45, 7) is 3.69. The number of alkyl halides is 1. The highest BCUT2D eigenvalue weighted by Crippen LogP contribution is 2.45. The van der Waals surface area contributed by atoms with Crippen LogP contribution in [-0.2, 0) is 28.5 Å². The molecule has 10 nitrogen and oxygen atoms in total. The van der Waals surface area contributed by atoms with Crippen molar-refractivity contribution in [2.24, 2.45) is 0 Å². The first kappa shape index (κ1) is 26.6. The van der Waals surface area contributed by atoms with Crippen LogP contribution in [0.25, 0.3) is 0 Å². The summed E-state index contributed by atoms with van der Waals surface area (Å²) >= 11 is 2.04. The smallest absolute Gasteiger partial charge is 0.338 e. The topological polar surface area (TPSA) is 130 Å². The maximum Gasteiger partial charge on any atom is 0.338 e. The quantitative estimate of drug-likeness (QED) is 0.103. The van der Waals surface area contributed by atoms with Crippen molar-refractivity contribution < 1.29 is 42.8 Å². The van der Waals surface area contributed by atoms with Gasteiger partial charge in [0.2, 0.25) is 0 Å². The first-order valence-electron chi connectivity index (χ1n) is 11.2. The van der Waals surface area contributed by atoms with Crippen LogP contribution in [0.4, 0.5) is 0 Å². The molecule has 0 aliphatic carbocycles. The van der Waals surface area contributed by atoms with E-state index in [1.54, 1.807) is 24.3 Å². The lowest BCUT2D eigenvalue weighted by molar-refractivity contribution is -0.138. The highest BCUT2D eigenvalue weighted by atomic mass is 127. The zero-order chi connectivity index (χ0) is 26.4. The number of fused-ring (bicyclic) bond motifs is 1. The first-order chi connectivity index (χ1) is 17.8. The SMILES string of the molecule is C=CC(=O)OCCOc1ccc(C(=O)O[C@H]2COC3[C@H](OC(=O)c4ccc(C#N)cc4)COC32I)cc1. The predicted molar refractivity (Wildman–Crippen MR) is 135 cm³/mol. The Morgan fingerprint density at radius 1 is 1.03 bits per heavy atom. The highest BCUT2D eigenvalue weighted by Gasteiger charge is 2.62. The summed E-state index contributed by atoms with van der Waals surface area (Å²) in [5, 5.41) is 8.90. The predicted octanol–water partition coefficient (Wildman–Crippen LogP) is 2.98. The van der Waals surface area contributed by atoms with Crippen molar-refractivity contribution in [3.8, 4) is 11.8 Å². The van der Waals surface area contributed by atoms with Gasteiger partial charge in [0.25, 0.3) is 0 Å². The fourth-order valence-corrected chi connectivity index (χ4v) is 4.84.